The molecule has 0 saturated heterocycles. The lowest BCUT2D eigenvalue weighted by molar-refractivity contribution is -0.136. The minimum atomic E-state index is -1.00. The van der Waals surface area contributed by atoms with E-state index in [-0.39, 0.29) is 17.4 Å². The molecule has 1 heterocycles. The molecular formula is C27H25BrFN3O6S. The third-order valence-corrected chi connectivity index (χ3v) is 7.55. The maximum Gasteiger partial charge on any atom is 0.341 e. The van der Waals surface area contributed by atoms with Crippen LogP contribution in [0.1, 0.15) is 45.3 Å². The standard InChI is InChI=1S/C27H25BrFN3O6S/c1-3-37-20-12-16(11-19(28)23(20)38-14-15-7-9-17(29)10-8-15)13-30-32-25(34)24(33)31-26-22(27(35)36-2)18-5-4-6-21(18)39-26/h7-13H,3-6,14H2,1-2H3,(H,31,33)(H,32,34)/b30-13+. The van der Waals surface area contributed by atoms with E-state index in [4.69, 9.17) is 14.2 Å². The van der Waals surface area contributed by atoms with Crippen LogP contribution in [-0.2, 0) is 33.8 Å². The number of fused-ring (bicyclic) bond motifs is 1. The van der Waals surface area contributed by atoms with Gasteiger partial charge in [-0.15, -0.1) is 11.3 Å². The number of carbonyl (C=O) groups is 3. The molecular weight excluding hydrogens is 593 g/mol. The Balaban J connectivity index is 1.41. The average molecular weight is 618 g/mol. The number of anilines is 1. The Morgan fingerprint density at radius 1 is 1.13 bits per heavy atom. The van der Waals surface area contributed by atoms with E-state index in [1.165, 1.54) is 36.8 Å². The summed E-state index contributed by atoms with van der Waals surface area (Å²) in [6, 6.07) is 9.34. The van der Waals surface area contributed by atoms with Crippen LogP contribution in [0.3, 0.4) is 0 Å². The van der Waals surface area contributed by atoms with Gasteiger partial charge in [0.1, 0.15) is 17.4 Å². The van der Waals surface area contributed by atoms with Crippen LogP contribution in [0.15, 0.2) is 46.0 Å². The molecule has 1 aliphatic rings. The number of hydrogen-bond acceptors (Lipinski definition) is 8. The van der Waals surface area contributed by atoms with Crippen molar-refractivity contribution in [2.75, 3.05) is 19.0 Å². The van der Waals surface area contributed by atoms with E-state index in [1.807, 2.05) is 6.92 Å². The number of amides is 2. The van der Waals surface area contributed by atoms with Crippen molar-refractivity contribution in [1.82, 2.24) is 5.43 Å². The van der Waals surface area contributed by atoms with Crippen LogP contribution in [0.5, 0.6) is 11.5 Å². The third-order valence-electron chi connectivity index (χ3n) is 5.75. The second-order valence-electron chi connectivity index (χ2n) is 8.38. The van der Waals surface area contributed by atoms with Crippen LogP contribution in [0.4, 0.5) is 9.39 Å². The van der Waals surface area contributed by atoms with Crippen molar-refractivity contribution < 1.29 is 33.0 Å². The number of aryl methyl sites for hydroxylation is 1. The van der Waals surface area contributed by atoms with Gasteiger partial charge in [0, 0.05) is 4.88 Å². The molecule has 2 aromatic carbocycles. The molecule has 1 aliphatic carbocycles. The lowest BCUT2D eigenvalue weighted by Crippen LogP contribution is -2.32. The number of thiophene rings is 1. The molecule has 4 rings (SSSR count). The molecule has 3 aromatic rings. The van der Waals surface area contributed by atoms with Gasteiger partial charge in [0.25, 0.3) is 0 Å². The van der Waals surface area contributed by atoms with Gasteiger partial charge in [-0.1, -0.05) is 12.1 Å². The molecule has 0 aliphatic heterocycles. The van der Waals surface area contributed by atoms with Gasteiger partial charge in [-0.3, -0.25) is 9.59 Å². The fraction of sp³-hybridized carbons (Fsp3) is 0.259. The second kappa shape index (κ2) is 12.9. The maximum absolute atomic E-state index is 13.2. The summed E-state index contributed by atoms with van der Waals surface area (Å²) in [5.74, 6) is -1.96. The molecule has 2 amide bonds. The quantitative estimate of drug-likeness (QED) is 0.151. The lowest BCUT2D eigenvalue weighted by Gasteiger charge is -2.14. The molecule has 0 bridgehead atoms. The van der Waals surface area contributed by atoms with Crippen molar-refractivity contribution in [3.05, 3.63) is 73.8 Å². The molecule has 0 spiro atoms. The maximum atomic E-state index is 13.2. The number of nitrogens with one attached hydrogen (secondary N) is 2. The monoisotopic (exact) mass is 617 g/mol. The summed E-state index contributed by atoms with van der Waals surface area (Å²) in [4.78, 5) is 38.1. The molecule has 2 N–H and O–H groups in total. The van der Waals surface area contributed by atoms with Gasteiger partial charge in [0.05, 0.1) is 30.0 Å². The zero-order valence-electron chi connectivity index (χ0n) is 21.1. The van der Waals surface area contributed by atoms with Crippen molar-refractivity contribution in [2.45, 2.75) is 32.8 Å². The number of hydrazone groups is 1. The third kappa shape index (κ3) is 6.82. The van der Waals surface area contributed by atoms with E-state index in [0.29, 0.717) is 33.7 Å². The van der Waals surface area contributed by atoms with Crippen molar-refractivity contribution >= 4 is 56.3 Å². The largest absolute Gasteiger partial charge is 0.490 e. The number of ether oxygens (including phenoxy) is 3. The van der Waals surface area contributed by atoms with Gasteiger partial charge in [0.2, 0.25) is 0 Å². The fourth-order valence-electron chi connectivity index (χ4n) is 3.99. The zero-order chi connectivity index (χ0) is 27.9. The molecule has 0 fully saturated rings. The summed E-state index contributed by atoms with van der Waals surface area (Å²) in [5.41, 5.74) is 4.69. The predicted molar refractivity (Wildman–Crippen MR) is 148 cm³/mol. The summed E-state index contributed by atoms with van der Waals surface area (Å²) in [6.07, 6.45) is 3.81. The highest BCUT2D eigenvalue weighted by molar-refractivity contribution is 9.10. The van der Waals surface area contributed by atoms with Crippen molar-refractivity contribution in [2.24, 2.45) is 5.10 Å². The molecule has 0 atom stereocenters. The van der Waals surface area contributed by atoms with E-state index >= 15 is 0 Å². The first-order valence-electron chi connectivity index (χ1n) is 12.0. The minimum Gasteiger partial charge on any atom is -0.490 e. The Hall–Kier alpha value is -3.77. The molecule has 0 saturated carbocycles. The Bertz CT molecular complexity index is 1420. The number of benzene rings is 2. The molecule has 1 aromatic heterocycles. The van der Waals surface area contributed by atoms with E-state index in [1.54, 1.807) is 24.3 Å². The Morgan fingerprint density at radius 3 is 2.62 bits per heavy atom. The van der Waals surface area contributed by atoms with Crippen molar-refractivity contribution in [1.29, 1.82) is 0 Å². The number of carbonyl (C=O) groups excluding carboxylic acids is 3. The Labute approximate surface area is 236 Å². The van der Waals surface area contributed by atoms with Crippen LogP contribution in [-0.4, -0.2) is 37.7 Å². The number of nitrogens with zero attached hydrogens (tertiary/aromatic N) is 1. The summed E-state index contributed by atoms with van der Waals surface area (Å²) in [7, 11) is 1.27. The minimum absolute atomic E-state index is 0.197. The highest BCUT2D eigenvalue weighted by atomic mass is 79.9. The van der Waals surface area contributed by atoms with Gasteiger partial charge in [-0.25, -0.2) is 14.6 Å². The smallest absolute Gasteiger partial charge is 0.341 e. The van der Waals surface area contributed by atoms with Gasteiger partial charge >= 0.3 is 17.8 Å². The number of esters is 1. The summed E-state index contributed by atoms with van der Waals surface area (Å²) >= 11 is 4.73. The summed E-state index contributed by atoms with van der Waals surface area (Å²) in [5, 5.41) is 6.67. The van der Waals surface area contributed by atoms with Gasteiger partial charge in [-0.2, -0.15) is 5.10 Å². The number of methoxy groups -OCH3 is 1. The number of rotatable bonds is 9. The van der Waals surface area contributed by atoms with E-state index in [2.05, 4.69) is 31.8 Å². The van der Waals surface area contributed by atoms with E-state index < -0.39 is 17.8 Å². The van der Waals surface area contributed by atoms with Crippen molar-refractivity contribution in [3.63, 3.8) is 0 Å². The summed E-state index contributed by atoms with van der Waals surface area (Å²) < 4.78 is 30.2. The Kier molecular flexibility index (Phi) is 9.31. The second-order valence-corrected chi connectivity index (χ2v) is 10.3. The first-order chi connectivity index (χ1) is 18.8. The normalized spacial score (nSPS) is 12.2. The predicted octanol–water partition coefficient (Wildman–Crippen LogP) is 4.99. The average Bonchev–Trinajstić information content (AvgIpc) is 3.50. The zero-order valence-corrected chi connectivity index (χ0v) is 23.5. The SMILES string of the molecule is CCOc1cc(/C=N/NC(=O)C(=O)Nc2sc3c(c2C(=O)OC)CCC3)cc(Br)c1OCc1ccc(F)cc1. The van der Waals surface area contributed by atoms with Gasteiger partial charge in [0.15, 0.2) is 11.5 Å². The highest BCUT2D eigenvalue weighted by Crippen LogP contribution is 2.39. The molecule has 12 heteroatoms. The van der Waals surface area contributed by atoms with E-state index in [9.17, 15) is 18.8 Å². The molecule has 0 unspecified atom stereocenters. The number of halogens is 2. The first-order valence-corrected chi connectivity index (χ1v) is 13.6. The number of hydrogen-bond donors (Lipinski definition) is 2. The summed E-state index contributed by atoms with van der Waals surface area (Å²) in [6.45, 7) is 2.39. The van der Waals surface area contributed by atoms with Crippen LogP contribution >= 0.6 is 27.3 Å². The molecule has 39 heavy (non-hydrogen) atoms. The molecule has 204 valence electrons. The van der Waals surface area contributed by atoms with E-state index in [0.717, 1.165) is 35.3 Å². The lowest BCUT2D eigenvalue weighted by atomic mass is 10.1. The van der Waals surface area contributed by atoms with Crippen molar-refractivity contribution in [3.8, 4) is 11.5 Å². The van der Waals surface area contributed by atoms with Crippen LogP contribution in [0, 0.1) is 5.82 Å². The highest BCUT2D eigenvalue weighted by Gasteiger charge is 2.29. The van der Waals surface area contributed by atoms with Crippen LogP contribution in [0.25, 0.3) is 0 Å². The van der Waals surface area contributed by atoms with Crippen LogP contribution < -0.4 is 20.2 Å². The van der Waals surface area contributed by atoms with Gasteiger partial charge < -0.3 is 19.5 Å². The fourth-order valence-corrected chi connectivity index (χ4v) is 5.83. The molecule has 0 radical (unpaired) electrons. The van der Waals surface area contributed by atoms with Crippen LogP contribution in [0.2, 0.25) is 0 Å². The molecule has 9 nitrogen and oxygen atoms in total. The Morgan fingerprint density at radius 2 is 1.90 bits per heavy atom. The van der Waals surface area contributed by atoms with Gasteiger partial charge in [-0.05, 0) is 83.1 Å². The topological polar surface area (TPSA) is 115 Å². The first kappa shape index (κ1) is 28.2.